The maximum atomic E-state index is 13.2. The third-order valence-electron chi connectivity index (χ3n) is 6.92. The highest BCUT2D eigenvalue weighted by molar-refractivity contribution is 7.10. The van der Waals surface area contributed by atoms with Crippen LogP contribution in [-0.2, 0) is 14.3 Å². The summed E-state index contributed by atoms with van der Waals surface area (Å²) in [5.74, 6) is -1.86. The van der Waals surface area contributed by atoms with Gasteiger partial charge in [0.2, 0.25) is 5.91 Å². The molecule has 0 bridgehead atoms. The molecule has 1 aromatic heterocycles. The zero-order chi connectivity index (χ0) is 24.6. The standard InChI is InChI=1S/C27H26N2O5S/c1-27(16-12-13-16,25(32)28-23(24(30)31)22-11-6-14-35-22)29-26(33)34-15-21-19-9-4-2-7-17(19)18-8-3-5-10-20(18)21/h2-11,14,16,21,23H,12-13,15H2,1H3,(H,28,32)(H,29,33)(H,30,31). The van der Waals surface area contributed by atoms with E-state index < -0.39 is 29.6 Å². The zero-order valence-corrected chi connectivity index (χ0v) is 20.0. The molecule has 0 radical (unpaired) electrons. The molecule has 3 N–H and O–H groups in total. The Labute approximate surface area is 207 Å². The molecule has 2 aliphatic carbocycles. The normalized spacial score (nSPS) is 16.9. The molecule has 2 atom stereocenters. The first-order valence-corrected chi connectivity index (χ1v) is 12.5. The fourth-order valence-electron chi connectivity index (χ4n) is 4.84. The minimum Gasteiger partial charge on any atom is -0.479 e. The van der Waals surface area contributed by atoms with Crippen LogP contribution >= 0.6 is 11.3 Å². The lowest BCUT2D eigenvalue weighted by Crippen LogP contribution is -2.59. The van der Waals surface area contributed by atoms with Gasteiger partial charge in [-0.25, -0.2) is 9.59 Å². The molecule has 2 aromatic carbocycles. The van der Waals surface area contributed by atoms with Crippen molar-refractivity contribution in [3.05, 3.63) is 82.0 Å². The summed E-state index contributed by atoms with van der Waals surface area (Å²) in [6.45, 7) is 1.77. The van der Waals surface area contributed by atoms with Crippen LogP contribution in [0.25, 0.3) is 11.1 Å². The van der Waals surface area contributed by atoms with Crippen LogP contribution in [0.1, 0.15) is 47.7 Å². The molecule has 35 heavy (non-hydrogen) atoms. The molecule has 0 aliphatic heterocycles. The Morgan fingerprint density at radius 1 is 1.03 bits per heavy atom. The number of fused-ring (bicyclic) bond motifs is 3. The van der Waals surface area contributed by atoms with Crippen LogP contribution in [0.4, 0.5) is 4.79 Å². The number of hydrogen-bond donors (Lipinski definition) is 3. The molecule has 8 heteroatoms. The Kier molecular flexibility index (Phi) is 6.06. The minimum atomic E-state index is -1.27. The summed E-state index contributed by atoms with van der Waals surface area (Å²) in [6, 6.07) is 18.4. The first-order chi connectivity index (χ1) is 16.9. The van der Waals surface area contributed by atoms with Gasteiger partial charge in [0.1, 0.15) is 12.1 Å². The zero-order valence-electron chi connectivity index (χ0n) is 19.2. The molecule has 2 unspecified atom stereocenters. The lowest BCUT2D eigenvalue weighted by atomic mass is 9.94. The Balaban J connectivity index is 1.28. The van der Waals surface area contributed by atoms with E-state index in [1.165, 1.54) is 11.3 Å². The summed E-state index contributed by atoms with van der Waals surface area (Å²) in [4.78, 5) is 38.5. The lowest BCUT2D eigenvalue weighted by Gasteiger charge is -2.30. The number of carbonyl (C=O) groups excluding carboxylic acids is 2. The highest BCUT2D eigenvalue weighted by Gasteiger charge is 2.49. The number of carboxylic acids is 1. The molecular formula is C27H26N2O5S. The van der Waals surface area contributed by atoms with E-state index in [2.05, 4.69) is 22.8 Å². The molecular weight excluding hydrogens is 464 g/mol. The fraction of sp³-hybridized carbons (Fsp3) is 0.296. The van der Waals surface area contributed by atoms with Gasteiger partial charge in [-0.3, -0.25) is 4.79 Å². The van der Waals surface area contributed by atoms with Crippen LogP contribution in [0.2, 0.25) is 0 Å². The van der Waals surface area contributed by atoms with Crippen molar-refractivity contribution in [2.24, 2.45) is 5.92 Å². The summed E-state index contributed by atoms with van der Waals surface area (Å²) in [6.07, 6.45) is 0.841. The average Bonchev–Trinajstić information content (AvgIpc) is 3.49. The smallest absolute Gasteiger partial charge is 0.408 e. The number of hydrogen-bond acceptors (Lipinski definition) is 5. The molecule has 2 amide bonds. The van der Waals surface area contributed by atoms with E-state index in [1.54, 1.807) is 24.4 Å². The van der Waals surface area contributed by atoms with Crippen molar-refractivity contribution in [2.75, 3.05) is 6.61 Å². The molecule has 0 saturated heterocycles. The van der Waals surface area contributed by atoms with Gasteiger partial charge in [0.15, 0.2) is 6.04 Å². The number of rotatable bonds is 8. The fourth-order valence-corrected chi connectivity index (χ4v) is 5.61. The quantitative estimate of drug-likeness (QED) is 0.425. The Morgan fingerprint density at radius 3 is 2.20 bits per heavy atom. The number of carbonyl (C=O) groups is 3. The molecule has 1 heterocycles. The van der Waals surface area contributed by atoms with E-state index in [9.17, 15) is 19.5 Å². The number of nitrogens with one attached hydrogen (secondary N) is 2. The number of aliphatic carboxylic acids is 1. The minimum absolute atomic E-state index is 0.0826. The average molecular weight is 491 g/mol. The second kappa shape index (κ2) is 9.19. The third kappa shape index (κ3) is 4.41. The maximum Gasteiger partial charge on any atom is 0.408 e. The molecule has 3 aromatic rings. The van der Waals surface area contributed by atoms with Crippen LogP contribution < -0.4 is 10.6 Å². The van der Waals surface area contributed by atoms with Crippen molar-refractivity contribution in [1.29, 1.82) is 0 Å². The molecule has 1 saturated carbocycles. The number of carboxylic acid groups (broad SMARTS) is 1. The van der Waals surface area contributed by atoms with Crippen LogP contribution in [0, 0.1) is 5.92 Å². The van der Waals surface area contributed by atoms with E-state index in [0.717, 1.165) is 35.1 Å². The second-order valence-electron chi connectivity index (χ2n) is 9.19. The van der Waals surface area contributed by atoms with Gasteiger partial charge in [0.05, 0.1) is 0 Å². The van der Waals surface area contributed by atoms with Gasteiger partial charge in [-0.15, -0.1) is 11.3 Å². The monoisotopic (exact) mass is 490 g/mol. The maximum absolute atomic E-state index is 13.2. The molecule has 7 nitrogen and oxygen atoms in total. The largest absolute Gasteiger partial charge is 0.479 e. The van der Waals surface area contributed by atoms with Crippen LogP contribution in [0.15, 0.2) is 66.0 Å². The Morgan fingerprint density at radius 2 is 1.66 bits per heavy atom. The molecule has 0 spiro atoms. The van der Waals surface area contributed by atoms with Gasteiger partial charge in [0.25, 0.3) is 0 Å². The van der Waals surface area contributed by atoms with E-state index >= 15 is 0 Å². The first kappa shape index (κ1) is 23.1. The van der Waals surface area contributed by atoms with Gasteiger partial charge in [-0.05, 0) is 59.4 Å². The topological polar surface area (TPSA) is 105 Å². The highest BCUT2D eigenvalue weighted by Crippen LogP contribution is 2.45. The summed E-state index contributed by atoms with van der Waals surface area (Å²) in [7, 11) is 0. The number of ether oxygens (including phenoxy) is 1. The van der Waals surface area contributed by atoms with Crippen molar-refractivity contribution in [3.8, 4) is 11.1 Å². The first-order valence-electron chi connectivity index (χ1n) is 11.6. The number of thiophene rings is 1. The Bertz CT molecular complexity index is 1220. The number of benzene rings is 2. The van der Waals surface area contributed by atoms with Gasteiger partial charge in [0, 0.05) is 10.8 Å². The Hall–Kier alpha value is -3.65. The van der Waals surface area contributed by atoms with Crippen molar-refractivity contribution < 1.29 is 24.2 Å². The highest BCUT2D eigenvalue weighted by atomic mass is 32.1. The van der Waals surface area contributed by atoms with E-state index in [4.69, 9.17) is 4.74 Å². The predicted molar refractivity (Wildman–Crippen MR) is 132 cm³/mol. The van der Waals surface area contributed by atoms with Crippen molar-refractivity contribution in [3.63, 3.8) is 0 Å². The number of amides is 2. The molecule has 2 aliphatic rings. The van der Waals surface area contributed by atoms with Crippen molar-refractivity contribution >= 4 is 29.3 Å². The lowest BCUT2D eigenvalue weighted by molar-refractivity contribution is -0.143. The van der Waals surface area contributed by atoms with E-state index in [-0.39, 0.29) is 18.4 Å². The number of alkyl carbamates (subject to hydrolysis) is 1. The van der Waals surface area contributed by atoms with Gasteiger partial charge in [-0.1, -0.05) is 54.6 Å². The van der Waals surface area contributed by atoms with Crippen LogP contribution in [-0.4, -0.2) is 35.2 Å². The third-order valence-corrected chi connectivity index (χ3v) is 7.86. The van der Waals surface area contributed by atoms with Gasteiger partial charge < -0.3 is 20.5 Å². The van der Waals surface area contributed by atoms with Gasteiger partial charge >= 0.3 is 12.1 Å². The SMILES string of the molecule is CC(NC(=O)OCC1c2ccccc2-c2ccccc21)(C(=O)NC(C(=O)O)c1cccs1)C1CC1. The predicted octanol–water partition coefficient (Wildman–Crippen LogP) is 4.70. The van der Waals surface area contributed by atoms with Crippen molar-refractivity contribution in [2.45, 2.75) is 37.3 Å². The van der Waals surface area contributed by atoms with Crippen LogP contribution in [0.5, 0.6) is 0 Å². The summed E-state index contributed by atoms with van der Waals surface area (Å²) >= 11 is 1.25. The summed E-state index contributed by atoms with van der Waals surface area (Å²) in [5, 5.41) is 16.8. The summed E-state index contributed by atoms with van der Waals surface area (Å²) < 4.78 is 5.64. The van der Waals surface area contributed by atoms with E-state index in [1.807, 2.05) is 36.4 Å². The molecule has 180 valence electrons. The summed E-state index contributed by atoms with van der Waals surface area (Å²) in [5.41, 5.74) is 3.20. The van der Waals surface area contributed by atoms with Crippen LogP contribution in [0.3, 0.4) is 0 Å². The molecule has 1 fully saturated rings. The second-order valence-corrected chi connectivity index (χ2v) is 10.2. The van der Waals surface area contributed by atoms with Crippen molar-refractivity contribution in [1.82, 2.24) is 10.6 Å². The molecule has 5 rings (SSSR count). The van der Waals surface area contributed by atoms with E-state index in [0.29, 0.717) is 4.88 Å². The van der Waals surface area contributed by atoms with Gasteiger partial charge in [-0.2, -0.15) is 0 Å².